The monoisotopic (exact) mass is 253 g/mol. The maximum atomic E-state index is 11.6. The maximum Gasteiger partial charge on any atom is 0.288 e. The van der Waals surface area contributed by atoms with Gasteiger partial charge in [0.15, 0.2) is 0 Å². The summed E-state index contributed by atoms with van der Waals surface area (Å²) in [6.07, 6.45) is 0.0963. The molecule has 0 saturated heterocycles. The number of hydrogen-bond donors (Lipinski definition) is 1. The summed E-state index contributed by atoms with van der Waals surface area (Å²) in [7, 11) is 0. The van der Waals surface area contributed by atoms with E-state index in [0.29, 0.717) is 5.02 Å². The number of hydrogen-bond acceptors (Lipinski definition) is 2. The Morgan fingerprint density at radius 3 is 2.18 bits per heavy atom. The van der Waals surface area contributed by atoms with Gasteiger partial charge in [-0.15, -0.1) is 0 Å². The number of ketones is 1. The molecule has 0 bridgehead atoms. The number of nitrogens with one attached hydrogen (secondary N) is 1. The lowest BCUT2D eigenvalue weighted by molar-refractivity contribution is -0.138. The minimum atomic E-state index is -0.549. The zero-order chi connectivity index (χ0) is 13.1. The van der Waals surface area contributed by atoms with Crippen LogP contribution in [-0.2, 0) is 16.0 Å². The van der Waals surface area contributed by atoms with Gasteiger partial charge in [0.1, 0.15) is 0 Å². The van der Waals surface area contributed by atoms with Crippen molar-refractivity contribution in [3.05, 3.63) is 34.9 Å². The first-order valence-electron chi connectivity index (χ1n) is 5.38. The number of rotatable bonds is 3. The molecular formula is C13H16ClNO2. The van der Waals surface area contributed by atoms with Crippen molar-refractivity contribution in [1.82, 2.24) is 5.32 Å². The van der Waals surface area contributed by atoms with Crippen molar-refractivity contribution in [2.24, 2.45) is 0 Å². The van der Waals surface area contributed by atoms with Gasteiger partial charge < -0.3 is 5.32 Å². The molecule has 0 aliphatic heterocycles. The molecule has 1 aromatic rings. The van der Waals surface area contributed by atoms with Gasteiger partial charge in [-0.3, -0.25) is 9.59 Å². The van der Waals surface area contributed by atoms with Crippen molar-refractivity contribution in [1.29, 1.82) is 0 Å². The van der Waals surface area contributed by atoms with Crippen LogP contribution in [0.5, 0.6) is 0 Å². The minimum absolute atomic E-state index is 0.0963. The number of carbonyl (C=O) groups is 2. The molecule has 1 aromatic carbocycles. The lowest BCUT2D eigenvalue weighted by Crippen LogP contribution is -2.44. The number of amides is 1. The molecule has 1 rings (SSSR count). The number of halogens is 1. The molecule has 1 N–H and O–H groups in total. The van der Waals surface area contributed by atoms with Crippen LogP contribution in [0.3, 0.4) is 0 Å². The highest BCUT2D eigenvalue weighted by Gasteiger charge is 2.20. The average Bonchev–Trinajstić information content (AvgIpc) is 2.19. The summed E-state index contributed by atoms with van der Waals surface area (Å²) < 4.78 is 0. The van der Waals surface area contributed by atoms with Crippen molar-refractivity contribution in [2.75, 3.05) is 0 Å². The molecule has 0 saturated carbocycles. The Labute approximate surface area is 106 Å². The second-order valence-corrected chi connectivity index (χ2v) is 5.37. The highest BCUT2D eigenvalue weighted by atomic mass is 35.5. The summed E-state index contributed by atoms with van der Waals surface area (Å²) in [4.78, 5) is 23.2. The molecule has 0 aliphatic carbocycles. The number of benzene rings is 1. The number of Topliss-reactive ketones (excluding diaryl/α,β-unsaturated/α-hetero) is 1. The van der Waals surface area contributed by atoms with E-state index < -0.39 is 17.2 Å². The standard InChI is InChI=1S/C13H16ClNO2/c1-13(2,3)15-12(17)11(16)8-9-4-6-10(14)7-5-9/h4-7H,8H2,1-3H3,(H,15,17). The molecule has 3 nitrogen and oxygen atoms in total. The van der Waals surface area contributed by atoms with Crippen LogP contribution in [0.4, 0.5) is 0 Å². The zero-order valence-electron chi connectivity index (χ0n) is 10.2. The summed E-state index contributed by atoms with van der Waals surface area (Å²) >= 11 is 5.73. The first kappa shape index (κ1) is 13.7. The van der Waals surface area contributed by atoms with E-state index in [1.807, 2.05) is 20.8 Å². The highest BCUT2D eigenvalue weighted by Crippen LogP contribution is 2.10. The van der Waals surface area contributed by atoms with E-state index in [0.717, 1.165) is 5.56 Å². The molecule has 0 aromatic heterocycles. The molecule has 4 heteroatoms. The third-order valence-corrected chi connectivity index (χ3v) is 2.27. The quantitative estimate of drug-likeness (QED) is 0.841. The van der Waals surface area contributed by atoms with Gasteiger partial charge in [0, 0.05) is 17.0 Å². The summed E-state index contributed by atoms with van der Waals surface area (Å²) in [5.74, 6) is -0.991. The van der Waals surface area contributed by atoms with Gasteiger partial charge in [0.05, 0.1) is 0 Å². The average molecular weight is 254 g/mol. The normalized spacial score (nSPS) is 11.1. The van der Waals surface area contributed by atoms with E-state index in [4.69, 9.17) is 11.6 Å². The fourth-order valence-corrected chi connectivity index (χ4v) is 1.40. The van der Waals surface area contributed by atoms with Gasteiger partial charge in [-0.2, -0.15) is 0 Å². The summed E-state index contributed by atoms with van der Waals surface area (Å²) in [6.45, 7) is 5.50. The zero-order valence-corrected chi connectivity index (χ0v) is 11.0. The van der Waals surface area contributed by atoms with Crippen molar-refractivity contribution >= 4 is 23.3 Å². The van der Waals surface area contributed by atoms with E-state index in [9.17, 15) is 9.59 Å². The molecule has 0 radical (unpaired) electrons. The van der Waals surface area contributed by atoms with Crippen molar-refractivity contribution in [3.8, 4) is 0 Å². The van der Waals surface area contributed by atoms with E-state index in [2.05, 4.69) is 5.32 Å². The molecular weight excluding hydrogens is 238 g/mol. The lowest BCUT2D eigenvalue weighted by Gasteiger charge is -2.19. The SMILES string of the molecule is CC(C)(C)NC(=O)C(=O)Cc1ccc(Cl)cc1. The predicted molar refractivity (Wildman–Crippen MR) is 68.1 cm³/mol. The van der Waals surface area contributed by atoms with E-state index in [1.54, 1.807) is 24.3 Å². The van der Waals surface area contributed by atoms with E-state index >= 15 is 0 Å². The third kappa shape index (κ3) is 5.00. The molecule has 17 heavy (non-hydrogen) atoms. The van der Waals surface area contributed by atoms with Crippen LogP contribution in [-0.4, -0.2) is 17.2 Å². The molecule has 0 unspecified atom stereocenters. The van der Waals surface area contributed by atoms with E-state index in [-0.39, 0.29) is 6.42 Å². The molecule has 92 valence electrons. The molecule has 0 heterocycles. The van der Waals surface area contributed by atoms with Crippen molar-refractivity contribution in [3.63, 3.8) is 0 Å². The van der Waals surface area contributed by atoms with Crippen LogP contribution < -0.4 is 5.32 Å². The topological polar surface area (TPSA) is 46.2 Å². The predicted octanol–water partition coefficient (Wildman–Crippen LogP) is 2.37. The van der Waals surface area contributed by atoms with Crippen molar-refractivity contribution < 1.29 is 9.59 Å². The van der Waals surface area contributed by atoms with Gasteiger partial charge in [-0.1, -0.05) is 23.7 Å². The van der Waals surface area contributed by atoms with Crippen LogP contribution in [0.1, 0.15) is 26.3 Å². The molecule has 0 aliphatic rings. The van der Waals surface area contributed by atoms with Crippen LogP contribution in [0.25, 0.3) is 0 Å². The highest BCUT2D eigenvalue weighted by molar-refractivity contribution is 6.36. The fourth-order valence-electron chi connectivity index (χ4n) is 1.28. The molecule has 0 fully saturated rings. The Morgan fingerprint density at radius 2 is 1.71 bits per heavy atom. The van der Waals surface area contributed by atoms with Gasteiger partial charge in [-0.25, -0.2) is 0 Å². The van der Waals surface area contributed by atoms with Gasteiger partial charge >= 0.3 is 0 Å². The second kappa shape index (κ2) is 5.32. The smallest absolute Gasteiger partial charge is 0.288 e. The maximum absolute atomic E-state index is 11.6. The largest absolute Gasteiger partial charge is 0.345 e. The summed E-state index contributed by atoms with van der Waals surface area (Å²) in [5.41, 5.74) is 0.385. The van der Waals surface area contributed by atoms with Crippen LogP contribution in [0, 0.1) is 0 Å². The van der Waals surface area contributed by atoms with Crippen LogP contribution in [0.15, 0.2) is 24.3 Å². The Kier molecular flexibility index (Phi) is 4.29. The Balaban J connectivity index is 2.60. The minimum Gasteiger partial charge on any atom is -0.345 e. The summed E-state index contributed by atoms with van der Waals surface area (Å²) in [6, 6.07) is 6.88. The first-order valence-corrected chi connectivity index (χ1v) is 5.75. The first-order chi connectivity index (χ1) is 7.78. The molecule has 1 amide bonds. The van der Waals surface area contributed by atoms with Gasteiger partial charge in [0.25, 0.3) is 5.91 Å². The van der Waals surface area contributed by atoms with Crippen LogP contribution in [0.2, 0.25) is 5.02 Å². The van der Waals surface area contributed by atoms with Gasteiger partial charge in [-0.05, 0) is 38.5 Å². The Bertz CT molecular complexity index is 418. The summed E-state index contributed by atoms with van der Waals surface area (Å²) in [5, 5.41) is 3.25. The molecule has 0 atom stereocenters. The Morgan fingerprint density at radius 1 is 1.18 bits per heavy atom. The number of carbonyl (C=O) groups excluding carboxylic acids is 2. The van der Waals surface area contributed by atoms with E-state index in [1.165, 1.54) is 0 Å². The third-order valence-electron chi connectivity index (χ3n) is 2.02. The van der Waals surface area contributed by atoms with Gasteiger partial charge in [0.2, 0.25) is 5.78 Å². The lowest BCUT2D eigenvalue weighted by atomic mass is 10.1. The van der Waals surface area contributed by atoms with Crippen LogP contribution >= 0.6 is 11.6 Å². The Hall–Kier alpha value is -1.35. The fraction of sp³-hybridized carbons (Fsp3) is 0.385. The molecule has 0 spiro atoms. The second-order valence-electron chi connectivity index (χ2n) is 4.93. The van der Waals surface area contributed by atoms with Crippen molar-refractivity contribution in [2.45, 2.75) is 32.7 Å².